The van der Waals surface area contributed by atoms with Crippen LogP contribution in [-0.4, -0.2) is 29.6 Å². The average molecular weight is 227 g/mol. The van der Waals surface area contributed by atoms with Gasteiger partial charge in [-0.15, -0.1) is 13.2 Å². The fourth-order valence-corrected chi connectivity index (χ4v) is 1.08. The van der Waals surface area contributed by atoms with Crippen molar-refractivity contribution in [3.63, 3.8) is 0 Å². The third-order valence-electron chi connectivity index (χ3n) is 1.91. The second-order valence-electron chi connectivity index (χ2n) is 2.86. The van der Waals surface area contributed by atoms with Crippen molar-refractivity contribution < 1.29 is 22.8 Å². The molecule has 0 aromatic carbocycles. The lowest BCUT2D eigenvalue weighted by molar-refractivity contribution is -0.435. The number of ether oxygens (including phenoxy) is 1. The highest BCUT2D eigenvalue weighted by Crippen LogP contribution is 2.25. The number of allylic oxidation sites excluding steroid dienone is 1. The molecule has 1 unspecified atom stereocenters. The fraction of sp³-hybridized carbons (Fsp3) is 0.667. The van der Waals surface area contributed by atoms with Crippen molar-refractivity contribution >= 4 is 0 Å². The molecule has 0 spiro atoms. The highest BCUT2D eigenvalue weighted by molar-refractivity contribution is 5.08. The Morgan fingerprint density at radius 2 is 2.13 bits per heavy atom. The minimum absolute atomic E-state index is 0.0780. The van der Waals surface area contributed by atoms with Crippen molar-refractivity contribution in [3.05, 3.63) is 21.6 Å². The smallest absolute Gasteiger partial charge is 0.358 e. The number of halogens is 3. The molecule has 0 fully saturated rings. The first-order valence-corrected chi connectivity index (χ1v) is 3.81. The van der Waals surface area contributed by atoms with Crippen LogP contribution in [0.1, 0.15) is 6.92 Å². The Hall–Kier alpha value is -1.51. The lowest BCUT2D eigenvalue weighted by Crippen LogP contribution is -2.41. The van der Waals surface area contributed by atoms with Crippen molar-refractivity contribution in [1.29, 1.82) is 0 Å². The number of alkyl halides is 3. The minimum atomic E-state index is -4.85. The van der Waals surface area contributed by atoms with E-state index in [1.54, 1.807) is 0 Å². The van der Waals surface area contributed by atoms with Crippen LogP contribution in [0.4, 0.5) is 13.2 Å². The third kappa shape index (κ3) is 2.49. The van der Waals surface area contributed by atoms with Gasteiger partial charge >= 0.3 is 12.2 Å². The van der Waals surface area contributed by atoms with E-state index < -0.39 is 23.5 Å². The molecule has 86 valence electrons. The summed E-state index contributed by atoms with van der Waals surface area (Å²) in [5, 5.41) is 12.4. The number of rotatable bonds is 2. The Morgan fingerprint density at radius 3 is 2.47 bits per heavy atom. The summed E-state index contributed by atoms with van der Waals surface area (Å²) in [4.78, 5) is 10.6. The van der Waals surface area contributed by atoms with E-state index in [0.717, 1.165) is 4.90 Å². The largest absolute Gasteiger partial charge is 0.527 e. The van der Waals surface area contributed by atoms with Crippen LogP contribution in [0, 0.1) is 10.1 Å². The number of nitrogens with zero attached hydrogens (tertiary/aromatic N) is 2. The van der Waals surface area contributed by atoms with Gasteiger partial charge in [-0.3, -0.25) is 0 Å². The molecule has 0 amide bonds. The van der Waals surface area contributed by atoms with E-state index in [4.69, 9.17) is 0 Å². The van der Waals surface area contributed by atoms with Gasteiger partial charge in [-0.05, 0) is 11.8 Å². The van der Waals surface area contributed by atoms with Crippen LogP contribution in [0.15, 0.2) is 11.5 Å². The van der Waals surface area contributed by atoms with Gasteiger partial charge in [-0.2, -0.15) is 0 Å². The van der Waals surface area contributed by atoms with Crippen LogP contribution in [0.2, 0.25) is 0 Å². The lowest BCUT2D eigenvalue weighted by atomic mass is 10.5. The maximum Gasteiger partial charge on any atom is 0.527 e. The van der Waals surface area contributed by atoms with Gasteiger partial charge in [-0.25, -0.2) is 10.1 Å². The van der Waals surface area contributed by atoms with Crippen LogP contribution in [-0.2, 0) is 4.74 Å². The summed E-state index contributed by atoms with van der Waals surface area (Å²) in [5.74, 6) is -0.494. The van der Waals surface area contributed by atoms with Gasteiger partial charge in [0.1, 0.15) is 5.70 Å². The summed E-state index contributed by atoms with van der Waals surface area (Å²) in [7, 11) is 1.26. The summed E-state index contributed by atoms with van der Waals surface area (Å²) in [6.45, 7) is 1.32. The van der Waals surface area contributed by atoms with Crippen molar-refractivity contribution in [1.82, 2.24) is 10.2 Å². The summed E-state index contributed by atoms with van der Waals surface area (Å²) in [5.41, 5.74) is 0.0780. The maximum absolute atomic E-state index is 11.9. The molecule has 0 radical (unpaired) electrons. The molecule has 0 aromatic rings. The van der Waals surface area contributed by atoms with Gasteiger partial charge in [0, 0.05) is 7.05 Å². The Morgan fingerprint density at radius 1 is 1.60 bits per heavy atom. The standard InChI is InChI=1S/C6H8F3N3O3/c1-3-4(12(13)14)10-5(11(3)2)15-6(7,8)9/h5,10H,1-2H3. The highest BCUT2D eigenvalue weighted by atomic mass is 19.4. The predicted molar refractivity (Wildman–Crippen MR) is 41.5 cm³/mol. The zero-order valence-electron chi connectivity index (χ0n) is 7.83. The number of nitro groups is 1. The molecule has 1 aliphatic rings. The first-order valence-electron chi connectivity index (χ1n) is 3.81. The molecule has 6 nitrogen and oxygen atoms in total. The molecule has 1 N–H and O–H groups in total. The van der Waals surface area contributed by atoms with Crippen LogP contribution in [0.5, 0.6) is 0 Å². The van der Waals surface area contributed by atoms with Crippen molar-refractivity contribution in [2.45, 2.75) is 19.6 Å². The van der Waals surface area contributed by atoms with E-state index in [1.165, 1.54) is 14.0 Å². The Kier molecular flexibility index (Phi) is 2.75. The second kappa shape index (κ2) is 3.57. The molecular weight excluding hydrogens is 219 g/mol. The van der Waals surface area contributed by atoms with E-state index in [0.29, 0.717) is 0 Å². The molecule has 0 bridgehead atoms. The normalized spacial score (nSPS) is 21.9. The number of nitrogens with one attached hydrogen (secondary N) is 1. The Bertz CT molecular complexity index is 314. The van der Waals surface area contributed by atoms with Gasteiger partial charge in [0.05, 0.1) is 0 Å². The van der Waals surface area contributed by atoms with E-state index in [2.05, 4.69) is 4.74 Å². The fourth-order valence-electron chi connectivity index (χ4n) is 1.08. The third-order valence-corrected chi connectivity index (χ3v) is 1.91. The summed E-state index contributed by atoms with van der Waals surface area (Å²) < 4.78 is 39.2. The minimum Gasteiger partial charge on any atom is -0.358 e. The Labute approximate surface area is 82.4 Å². The second-order valence-corrected chi connectivity index (χ2v) is 2.86. The summed E-state index contributed by atoms with van der Waals surface area (Å²) in [6.07, 6.45) is -6.44. The molecule has 1 rings (SSSR count). The molecule has 0 saturated carbocycles. The van der Waals surface area contributed by atoms with Crippen LogP contribution in [0.3, 0.4) is 0 Å². The molecule has 0 aromatic heterocycles. The average Bonchev–Trinajstić information content (AvgIpc) is 2.30. The van der Waals surface area contributed by atoms with E-state index in [1.807, 2.05) is 5.32 Å². The van der Waals surface area contributed by atoms with Crippen LogP contribution in [0.25, 0.3) is 0 Å². The number of hydrogen-bond donors (Lipinski definition) is 1. The van der Waals surface area contributed by atoms with E-state index >= 15 is 0 Å². The summed E-state index contributed by atoms with van der Waals surface area (Å²) >= 11 is 0. The van der Waals surface area contributed by atoms with Crippen molar-refractivity contribution in [2.75, 3.05) is 7.05 Å². The monoisotopic (exact) mass is 227 g/mol. The lowest BCUT2D eigenvalue weighted by Gasteiger charge is -2.20. The van der Waals surface area contributed by atoms with Crippen LogP contribution >= 0.6 is 0 Å². The molecule has 9 heteroatoms. The van der Waals surface area contributed by atoms with Gasteiger partial charge in [0.15, 0.2) is 0 Å². The summed E-state index contributed by atoms with van der Waals surface area (Å²) in [6, 6.07) is 0. The van der Waals surface area contributed by atoms with Crippen molar-refractivity contribution in [2.24, 2.45) is 0 Å². The maximum atomic E-state index is 11.9. The zero-order chi connectivity index (χ0) is 11.8. The topological polar surface area (TPSA) is 67.6 Å². The van der Waals surface area contributed by atoms with E-state index in [9.17, 15) is 23.3 Å². The van der Waals surface area contributed by atoms with Gasteiger partial charge in [-0.1, -0.05) is 0 Å². The van der Waals surface area contributed by atoms with Gasteiger partial charge < -0.3 is 15.0 Å². The molecular formula is C6H8F3N3O3. The van der Waals surface area contributed by atoms with Crippen molar-refractivity contribution in [3.8, 4) is 0 Å². The number of hydrogen-bond acceptors (Lipinski definition) is 5. The first kappa shape index (κ1) is 11.6. The predicted octanol–water partition coefficient (Wildman–Crippen LogP) is 0.807. The molecule has 1 atom stereocenters. The van der Waals surface area contributed by atoms with Crippen LogP contribution < -0.4 is 5.32 Å². The molecule has 1 aliphatic heterocycles. The quantitative estimate of drug-likeness (QED) is 0.558. The highest BCUT2D eigenvalue weighted by Gasteiger charge is 2.43. The van der Waals surface area contributed by atoms with Gasteiger partial charge in [0.2, 0.25) is 0 Å². The molecule has 0 aliphatic carbocycles. The Balaban J connectivity index is 2.75. The van der Waals surface area contributed by atoms with E-state index in [-0.39, 0.29) is 5.70 Å². The SMILES string of the molecule is CC1=C([N+](=O)[O-])NC(OC(F)(F)F)N1C. The molecule has 0 saturated heterocycles. The first-order chi connectivity index (χ1) is 6.72. The zero-order valence-corrected chi connectivity index (χ0v) is 7.83. The van der Waals surface area contributed by atoms with Gasteiger partial charge in [0.25, 0.3) is 6.35 Å². The molecule has 15 heavy (non-hydrogen) atoms. The molecule has 1 heterocycles.